The minimum atomic E-state index is 0.603. The molecule has 0 aliphatic rings. The number of benzene rings is 1. The number of nitrogen functional groups attached to an aromatic ring is 1. The molecule has 2 nitrogen and oxygen atoms in total. The minimum absolute atomic E-state index is 0.603. The van der Waals surface area contributed by atoms with E-state index in [4.69, 9.17) is 5.73 Å². The Kier molecular flexibility index (Phi) is 3.41. The molecule has 1 aromatic carbocycles. The Bertz CT molecular complexity index is 507. The highest BCUT2D eigenvalue weighted by atomic mass is 15.0. The summed E-state index contributed by atoms with van der Waals surface area (Å²) in [6.07, 6.45) is 3.43. The second-order valence-electron chi connectivity index (χ2n) is 4.65. The number of hydrogen-bond acceptors (Lipinski definition) is 1. The summed E-state index contributed by atoms with van der Waals surface area (Å²) in [5.74, 6) is 0. The van der Waals surface area contributed by atoms with E-state index >= 15 is 0 Å². The topological polar surface area (TPSA) is 30.9 Å². The molecule has 17 heavy (non-hydrogen) atoms. The Hall–Kier alpha value is -1.44. The van der Waals surface area contributed by atoms with Gasteiger partial charge in [-0.2, -0.15) is 0 Å². The molecule has 0 atom stereocenters. The predicted molar refractivity (Wildman–Crippen MR) is 75.3 cm³/mol. The summed E-state index contributed by atoms with van der Waals surface area (Å²) < 4.78 is 2.49. The fourth-order valence-corrected chi connectivity index (χ4v) is 2.67. The summed E-state index contributed by atoms with van der Waals surface area (Å²) in [7, 11) is 0. The Morgan fingerprint density at radius 2 is 1.82 bits per heavy atom. The van der Waals surface area contributed by atoms with Gasteiger partial charge in [-0.25, -0.2) is 0 Å². The molecule has 92 valence electrons. The van der Waals surface area contributed by atoms with Gasteiger partial charge >= 0.3 is 0 Å². The van der Waals surface area contributed by atoms with Crippen molar-refractivity contribution in [3.8, 4) is 0 Å². The fraction of sp³-hybridized carbons (Fsp3) is 0.467. The summed E-state index contributed by atoms with van der Waals surface area (Å²) in [6, 6.07) is 9.12. The van der Waals surface area contributed by atoms with Gasteiger partial charge in [0.15, 0.2) is 0 Å². The summed E-state index contributed by atoms with van der Waals surface area (Å²) >= 11 is 0. The number of nitrogens with zero attached hydrogens (tertiary/aromatic N) is 1. The second-order valence-corrected chi connectivity index (χ2v) is 4.65. The van der Waals surface area contributed by atoms with Crippen molar-refractivity contribution >= 4 is 16.6 Å². The summed E-state index contributed by atoms with van der Waals surface area (Å²) in [5.41, 5.74) is 9.45. The first-order chi connectivity index (χ1) is 8.21. The first kappa shape index (κ1) is 12.0. The lowest BCUT2D eigenvalue weighted by atomic mass is 10.1. The van der Waals surface area contributed by atoms with Crippen molar-refractivity contribution < 1.29 is 0 Å². The van der Waals surface area contributed by atoms with Crippen molar-refractivity contribution in [1.29, 1.82) is 0 Å². The van der Waals surface area contributed by atoms with E-state index in [1.165, 1.54) is 29.4 Å². The molecule has 2 N–H and O–H groups in total. The van der Waals surface area contributed by atoms with Crippen LogP contribution in [0.2, 0.25) is 0 Å². The minimum Gasteiger partial charge on any atom is -0.399 e. The second kappa shape index (κ2) is 4.82. The van der Waals surface area contributed by atoms with Gasteiger partial charge in [-0.15, -0.1) is 0 Å². The maximum Gasteiger partial charge on any atom is 0.0486 e. The lowest BCUT2D eigenvalue weighted by molar-refractivity contribution is 0.473. The number of hydrogen-bond donors (Lipinski definition) is 1. The van der Waals surface area contributed by atoms with Crippen LogP contribution < -0.4 is 5.73 Å². The van der Waals surface area contributed by atoms with Crippen molar-refractivity contribution in [2.75, 3.05) is 5.73 Å². The number of fused-ring (bicyclic) bond motifs is 1. The largest absolute Gasteiger partial charge is 0.399 e. The SMILES string of the molecule is CCc1cc2cc(N)ccc2n1C(CC)CC. The van der Waals surface area contributed by atoms with Crippen LogP contribution in [0.1, 0.15) is 45.3 Å². The Balaban J connectivity index is 2.65. The molecule has 0 radical (unpaired) electrons. The van der Waals surface area contributed by atoms with Crippen LogP contribution in [0.5, 0.6) is 0 Å². The maximum atomic E-state index is 5.86. The van der Waals surface area contributed by atoms with E-state index in [0.717, 1.165) is 12.1 Å². The van der Waals surface area contributed by atoms with Crippen LogP contribution in [0.4, 0.5) is 5.69 Å². The van der Waals surface area contributed by atoms with Crippen molar-refractivity contribution in [3.63, 3.8) is 0 Å². The van der Waals surface area contributed by atoms with Gasteiger partial charge in [-0.1, -0.05) is 20.8 Å². The van der Waals surface area contributed by atoms with E-state index in [0.29, 0.717) is 6.04 Å². The zero-order valence-corrected chi connectivity index (χ0v) is 11.0. The average molecular weight is 230 g/mol. The normalized spacial score (nSPS) is 11.5. The average Bonchev–Trinajstić information content (AvgIpc) is 2.69. The molecule has 2 aromatic rings. The lowest BCUT2D eigenvalue weighted by Gasteiger charge is -2.19. The third kappa shape index (κ3) is 2.04. The molecule has 2 heteroatoms. The van der Waals surface area contributed by atoms with Crippen LogP contribution >= 0.6 is 0 Å². The van der Waals surface area contributed by atoms with Crippen LogP contribution in [0.15, 0.2) is 24.3 Å². The van der Waals surface area contributed by atoms with Gasteiger partial charge in [0.05, 0.1) is 0 Å². The molecular formula is C15H22N2. The van der Waals surface area contributed by atoms with Gasteiger partial charge in [0.25, 0.3) is 0 Å². The van der Waals surface area contributed by atoms with Crippen LogP contribution in [0, 0.1) is 0 Å². The lowest BCUT2D eigenvalue weighted by Crippen LogP contribution is -2.09. The van der Waals surface area contributed by atoms with E-state index in [9.17, 15) is 0 Å². The van der Waals surface area contributed by atoms with Crippen LogP contribution in [-0.2, 0) is 6.42 Å². The molecule has 1 aromatic heterocycles. The molecule has 0 aliphatic carbocycles. The maximum absolute atomic E-state index is 5.86. The Labute approximate surface area is 103 Å². The fourth-order valence-electron chi connectivity index (χ4n) is 2.67. The Morgan fingerprint density at radius 1 is 1.12 bits per heavy atom. The van der Waals surface area contributed by atoms with Crippen LogP contribution in [0.25, 0.3) is 10.9 Å². The van der Waals surface area contributed by atoms with E-state index < -0.39 is 0 Å². The third-order valence-electron chi connectivity index (χ3n) is 3.61. The third-order valence-corrected chi connectivity index (χ3v) is 3.61. The molecule has 0 saturated heterocycles. The monoisotopic (exact) mass is 230 g/mol. The van der Waals surface area contributed by atoms with Gasteiger partial charge in [-0.05, 0) is 43.5 Å². The smallest absolute Gasteiger partial charge is 0.0486 e. The van der Waals surface area contributed by atoms with E-state index in [-0.39, 0.29) is 0 Å². The van der Waals surface area contributed by atoms with E-state index in [1.54, 1.807) is 0 Å². The molecular weight excluding hydrogens is 208 g/mol. The van der Waals surface area contributed by atoms with Gasteiger partial charge in [-0.3, -0.25) is 0 Å². The number of rotatable bonds is 4. The zero-order valence-electron chi connectivity index (χ0n) is 11.0. The molecule has 0 unspecified atom stereocenters. The van der Waals surface area contributed by atoms with E-state index in [2.05, 4.69) is 43.5 Å². The summed E-state index contributed by atoms with van der Waals surface area (Å²) in [4.78, 5) is 0. The molecule has 0 aliphatic heterocycles. The summed E-state index contributed by atoms with van der Waals surface area (Å²) in [5, 5.41) is 1.27. The number of nitrogens with two attached hydrogens (primary N) is 1. The van der Waals surface area contributed by atoms with Gasteiger partial charge in [0.2, 0.25) is 0 Å². The highest BCUT2D eigenvalue weighted by Crippen LogP contribution is 2.29. The number of aromatic nitrogens is 1. The van der Waals surface area contributed by atoms with Gasteiger partial charge in [0, 0.05) is 28.3 Å². The zero-order chi connectivity index (χ0) is 12.4. The standard InChI is InChI=1S/C15H22N2/c1-4-13(5-2)17-14(6-3)10-11-9-12(16)7-8-15(11)17/h7-10,13H,4-6,16H2,1-3H3. The molecule has 1 heterocycles. The van der Waals surface area contributed by atoms with Gasteiger partial charge in [0.1, 0.15) is 0 Å². The van der Waals surface area contributed by atoms with Crippen molar-refractivity contribution in [3.05, 3.63) is 30.0 Å². The molecule has 0 spiro atoms. The highest BCUT2D eigenvalue weighted by molar-refractivity contribution is 5.84. The Morgan fingerprint density at radius 3 is 2.41 bits per heavy atom. The highest BCUT2D eigenvalue weighted by Gasteiger charge is 2.14. The van der Waals surface area contributed by atoms with Crippen LogP contribution in [-0.4, -0.2) is 4.57 Å². The molecule has 0 fully saturated rings. The van der Waals surface area contributed by atoms with Crippen LogP contribution in [0.3, 0.4) is 0 Å². The number of anilines is 1. The van der Waals surface area contributed by atoms with Gasteiger partial charge < -0.3 is 10.3 Å². The first-order valence-corrected chi connectivity index (χ1v) is 6.60. The molecule has 0 bridgehead atoms. The molecule has 0 saturated carbocycles. The summed E-state index contributed by atoms with van der Waals surface area (Å²) in [6.45, 7) is 6.74. The predicted octanol–water partition coefficient (Wildman–Crippen LogP) is 4.15. The first-order valence-electron chi connectivity index (χ1n) is 6.60. The van der Waals surface area contributed by atoms with E-state index in [1.807, 2.05) is 6.07 Å². The van der Waals surface area contributed by atoms with Crippen molar-refractivity contribution in [2.45, 2.75) is 46.1 Å². The van der Waals surface area contributed by atoms with Crippen molar-refractivity contribution in [2.24, 2.45) is 0 Å². The molecule has 0 amide bonds. The van der Waals surface area contributed by atoms with Crippen molar-refractivity contribution in [1.82, 2.24) is 4.57 Å². The quantitative estimate of drug-likeness (QED) is 0.786. The number of aryl methyl sites for hydroxylation is 1. The molecule has 2 rings (SSSR count).